The number of aromatic nitrogens is 1. The molecule has 5 heteroatoms. The van der Waals surface area contributed by atoms with Gasteiger partial charge in [0.15, 0.2) is 0 Å². The van der Waals surface area contributed by atoms with E-state index in [0.29, 0.717) is 25.1 Å². The maximum Gasteiger partial charge on any atom is 0.253 e. The number of aromatic amines is 1. The molecule has 25 heavy (non-hydrogen) atoms. The molecule has 1 aliphatic heterocycles. The van der Waals surface area contributed by atoms with Crippen LogP contribution in [-0.4, -0.2) is 35.0 Å². The van der Waals surface area contributed by atoms with Crippen molar-refractivity contribution in [2.24, 2.45) is 5.92 Å². The Bertz CT molecular complexity index is 791. The average Bonchev–Trinajstić information content (AvgIpc) is 3.07. The van der Waals surface area contributed by atoms with Gasteiger partial charge in [0.2, 0.25) is 5.91 Å². The van der Waals surface area contributed by atoms with E-state index < -0.39 is 0 Å². The van der Waals surface area contributed by atoms with Gasteiger partial charge in [-0.15, -0.1) is 0 Å². The number of para-hydroxylation sites is 1. The molecule has 5 nitrogen and oxygen atoms in total. The van der Waals surface area contributed by atoms with E-state index in [0.717, 1.165) is 30.4 Å². The molecule has 1 unspecified atom stereocenters. The lowest BCUT2D eigenvalue weighted by Gasteiger charge is -2.26. The molecule has 0 aliphatic carbocycles. The van der Waals surface area contributed by atoms with E-state index in [4.69, 9.17) is 4.74 Å². The average molecular weight is 342 g/mol. The highest BCUT2D eigenvalue weighted by molar-refractivity contribution is 5.79. The number of nitrogens with one attached hydrogen (secondary N) is 1. The van der Waals surface area contributed by atoms with E-state index in [1.165, 1.54) is 0 Å². The first-order valence-electron chi connectivity index (χ1n) is 9.03. The molecule has 134 valence electrons. The van der Waals surface area contributed by atoms with E-state index in [2.05, 4.69) is 4.98 Å². The summed E-state index contributed by atoms with van der Waals surface area (Å²) in [6.07, 6.45) is 2.57. The summed E-state index contributed by atoms with van der Waals surface area (Å²) in [6, 6.07) is 9.58. The van der Waals surface area contributed by atoms with Gasteiger partial charge in [-0.25, -0.2) is 0 Å². The molecule has 0 bridgehead atoms. The molecule has 1 fully saturated rings. The number of hydrogen-bond donors (Lipinski definition) is 1. The highest BCUT2D eigenvalue weighted by Gasteiger charge is 2.24. The van der Waals surface area contributed by atoms with Gasteiger partial charge in [0.25, 0.3) is 5.56 Å². The van der Waals surface area contributed by atoms with Crippen molar-refractivity contribution in [1.82, 2.24) is 9.88 Å². The number of ether oxygens (including phenoxy) is 1. The Morgan fingerprint density at radius 2 is 2.16 bits per heavy atom. The second-order valence-corrected chi connectivity index (χ2v) is 7.22. The molecule has 1 N–H and O–H groups in total. The van der Waals surface area contributed by atoms with E-state index in [-0.39, 0.29) is 23.5 Å². The summed E-state index contributed by atoms with van der Waals surface area (Å²) in [6.45, 7) is 5.70. The Hall–Kier alpha value is -2.14. The summed E-state index contributed by atoms with van der Waals surface area (Å²) in [5.41, 5.74) is 1.30. The normalized spacial score (nSPS) is 17.3. The molecule has 2 aromatic rings. The van der Waals surface area contributed by atoms with Gasteiger partial charge in [0.05, 0.1) is 12.6 Å². The van der Waals surface area contributed by atoms with Crippen LogP contribution in [0.3, 0.4) is 0 Å². The summed E-state index contributed by atoms with van der Waals surface area (Å²) in [4.78, 5) is 29.8. The second-order valence-electron chi connectivity index (χ2n) is 7.22. The number of rotatable bonds is 6. The number of carbonyl (C=O) groups excluding carboxylic acids is 1. The molecule has 1 aromatic heterocycles. The third kappa shape index (κ3) is 4.48. The fourth-order valence-corrected chi connectivity index (χ4v) is 3.28. The van der Waals surface area contributed by atoms with Crippen LogP contribution < -0.4 is 5.56 Å². The first-order valence-corrected chi connectivity index (χ1v) is 9.03. The monoisotopic (exact) mass is 342 g/mol. The fourth-order valence-electron chi connectivity index (χ4n) is 3.28. The Labute approximate surface area is 148 Å². The van der Waals surface area contributed by atoms with Crippen LogP contribution in [0, 0.1) is 5.92 Å². The van der Waals surface area contributed by atoms with Gasteiger partial charge in [0.1, 0.15) is 0 Å². The maximum absolute atomic E-state index is 12.7. The van der Waals surface area contributed by atoms with Crippen LogP contribution in [0.4, 0.5) is 0 Å². The number of fused-ring (bicyclic) bond motifs is 1. The molecule has 1 atom stereocenters. The number of hydrogen-bond acceptors (Lipinski definition) is 3. The zero-order valence-corrected chi connectivity index (χ0v) is 15.0. The molecule has 1 aliphatic rings. The molecular formula is C20H26N2O3. The van der Waals surface area contributed by atoms with Crippen molar-refractivity contribution in [2.75, 3.05) is 13.2 Å². The quantitative estimate of drug-likeness (QED) is 0.877. The Morgan fingerprint density at radius 3 is 2.88 bits per heavy atom. The third-order valence-electron chi connectivity index (χ3n) is 4.58. The standard InChI is InChI=1S/C20H26N2O3/c1-14(2)10-19(23)22(13-17-7-5-9-25-17)12-16-11-15-6-3-4-8-18(15)21-20(16)24/h3-4,6,8,11,14,17H,5,7,9-10,12-13H2,1-2H3,(H,21,24). The van der Waals surface area contributed by atoms with Crippen LogP contribution in [0.15, 0.2) is 35.1 Å². The lowest BCUT2D eigenvalue weighted by molar-refractivity contribution is -0.134. The largest absolute Gasteiger partial charge is 0.376 e. The summed E-state index contributed by atoms with van der Waals surface area (Å²) in [7, 11) is 0. The second kappa shape index (κ2) is 7.83. The third-order valence-corrected chi connectivity index (χ3v) is 4.58. The minimum Gasteiger partial charge on any atom is -0.376 e. The minimum absolute atomic E-state index is 0.0793. The fraction of sp³-hybridized carbons (Fsp3) is 0.500. The van der Waals surface area contributed by atoms with E-state index in [1.54, 1.807) is 4.90 Å². The summed E-state index contributed by atoms with van der Waals surface area (Å²) >= 11 is 0. The first-order chi connectivity index (χ1) is 12.0. The van der Waals surface area contributed by atoms with E-state index in [1.807, 2.05) is 44.2 Å². The SMILES string of the molecule is CC(C)CC(=O)N(Cc1cc2ccccc2[nH]c1=O)CC1CCCO1. The molecule has 1 aromatic carbocycles. The summed E-state index contributed by atoms with van der Waals surface area (Å²) < 4.78 is 5.70. The van der Waals surface area contributed by atoms with Crippen molar-refractivity contribution in [3.05, 3.63) is 46.2 Å². The molecule has 1 amide bonds. The van der Waals surface area contributed by atoms with Crippen molar-refractivity contribution in [3.63, 3.8) is 0 Å². The van der Waals surface area contributed by atoms with Gasteiger partial charge in [-0.2, -0.15) is 0 Å². The Kier molecular flexibility index (Phi) is 5.53. The van der Waals surface area contributed by atoms with Crippen molar-refractivity contribution in [3.8, 4) is 0 Å². The van der Waals surface area contributed by atoms with Crippen LogP contribution in [-0.2, 0) is 16.1 Å². The molecule has 2 heterocycles. The number of amides is 1. The van der Waals surface area contributed by atoms with Crippen molar-refractivity contribution < 1.29 is 9.53 Å². The van der Waals surface area contributed by atoms with Gasteiger partial charge in [0, 0.05) is 30.7 Å². The molecule has 3 rings (SSSR count). The first kappa shape index (κ1) is 17.7. The zero-order valence-electron chi connectivity index (χ0n) is 15.0. The Balaban J connectivity index is 1.84. The lowest BCUT2D eigenvalue weighted by atomic mass is 10.1. The number of benzene rings is 1. The molecule has 0 saturated carbocycles. The lowest BCUT2D eigenvalue weighted by Crippen LogP contribution is -2.38. The smallest absolute Gasteiger partial charge is 0.253 e. The maximum atomic E-state index is 12.7. The Morgan fingerprint density at radius 1 is 1.36 bits per heavy atom. The minimum atomic E-state index is -0.131. The van der Waals surface area contributed by atoms with Crippen LogP contribution in [0.5, 0.6) is 0 Å². The number of nitrogens with zero attached hydrogens (tertiary/aromatic N) is 1. The van der Waals surface area contributed by atoms with Crippen LogP contribution >= 0.6 is 0 Å². The van der Waals surface area contributed by atoms with Crippen LogP contribution in [0.1, 0.15) is 38.7 Å². The molecule has 1 saturated heterocycles. The summed E-state index contributed by atoms with van der Waals surface area (Å²) in [5, 5.41) is 0.977. The molecular weight excluding hydrogens is 316 g/mol. The number of H-pyrrole nitrogens is 1. The molecule has 0 radical (unpaired) electrons. The summed E-state index contributed by atoms with van der Waals surface area (Å²) in [5.74, 6) is 0.368. The van der Waals surface area contributed by atoms with E-state index >= 15 is 0 Å². The number of pyridine rings is 1. The highest BCUT2D eigenvalue weighted by atomic mass is 16.5. The van der Waals surface area contributed by atoms with Crippen LogP contribution in [0.2, 0.25) is 0 Å². The number of carbonyl (C=O) groups is 1. The van der Waals surface area contributed by atoms with Crippen molar-refractivity contribution in [2.45, 2.75) is 45.8 Å². The van der Waals surface area contributed by atoms with Crippen molar-refractivity contribution in [1.29, 1.82) is 0 Å². The topological polar surface area (TPSA) is 62.4 Å². The van der Waals surface area contributed by atoms with Gasteiger partial charge in [-0.1, -0.05) is 32.0 Å². The van der Waals surface area contributed by atoms with Crippen molar-refractivity contribution >= 4 is 16.8 Å². The van der Waals surface area contributed by atoms with E-state index in [9.17, 15) is 9.59 Å². The zero-order chi connectivity index (χ0) is 17.8. The van der Waals surface area contributed by atoms with Gasteiger partial charge in [-0.3, -0.25) is 9.59 Å². The van der Waals surface area contributed by atoms with Gasteiger partial charge >= 0.3 is 0 Å². The van der Waals surface area contributed by atoms with Crippen LogP contribution in [0.25, 0.3) is 10.9 Å². The van der Waals surface area contributed by atoms with Gasteiger partial charge in [-0.05, 0) is 36.3 Å². The molecule has 0 spiro atoms. The predicted molar refractivity (Wildman–Crippen MR) is 98.4 cm³/mol. The van der Waals surface area contributed by atoms with Gasteiger partial charge < -0.3 is 14.6 Å². The highest BCUT2D eigenvalue weighted by Crippen LogP contribution is 2.17. The predicted octanol–water partition coefficient (Wildman–Crippen LogP) is 3.08.